The van der Waals surface area contributed by atoms with Gasteiger partial charge in [0.1, 0.15) is 0 Å². The number of thioether (sulfide) groups is 2. The minimum Gasteiger partial charge on any atom is -0.543 e. The number of amides is 2. The molecule has 2 N–H and O–H groups in total. The van der Waals surface area contributed by atoms with E-state index in [0.717, 1.165) is 0 Å². The standard InChI is InChI=1S/2C9H9NO5S.2Na/c2*11-5-3-6-10(5)8(9(14)15)4(16-6)1-2-7(12)13;;/h2*6H,1-3H2,(H,12,13)(H,14,15);;/q;;2*+1/p-2/t2*6-;;/m11../s1. The summed E-state index contributed by atoms with van der Waals surface area (Å²) < 4.78 is 0. The van der Waals surface area contributed by atoms with Crippen LogP contribution in [0.1, 0.15) is 38.5 Å². The molecule has 2 saturated heterocycles. The number of fused-ring (bicyclic) bond motifs is 2. The second-order valence-corrected chi connectivity index (χ2v) is 9.53. The molecule has 4 aliphatic heterocycles. The zero-order chi connectivity index (χ0) is 23.7. The van der Waals surface area contributed by atoms with Gasteiger partial charge < -0.3 is 30.0 Å². The van der Waals surface area contributed by atoms with E-state index in [9.17, 15) is 39.0 Å². The third-order valence-electron chi connectivity index (χ3n) is 4.90. The summed E-state index contributed by atoms with van der Waals surface area (Å²) in [6, 6.07) is 0. The van der Waals surface area contributed by atoms with Crippen LogP contribution in [0.25, 0.3) is 0 Å². The summed E-state index contributed by atoms with van der Waals surface area (Å²) in [5.74, 6) is -5.31. The van der Waals surface area contributed by atoms with Crippen molar-refractivity contribution >= 4 is 59.2 Å². The molecule has 4 heterocycles. The van der Waals surface area contributed by atoms with E-state index in [-0.39, 0.29) is 119 Å². The Bertz CT molecular complexity index is 921. The van der Waals surface area contributed by atoms with Gasteiger partial charge >= 0.3 is 71.1 Å². The summed E-state index contributed by atoms with van der Waals surface area (Å²) in [5.41, 5.74) is -0.292. The molecule has 0 aromatic heterocycles. The molecule has 0 aliphatic carbocycles. The first-order valence-corrected chi connectivity index (χ1v) is 11.1. The SMILES string of the molecule is O=C(O)CCC1=C(C(=O)[O-])N2C(=O)C[C@H]2S1.O=C(O)CCC1=C(C(=O)[O-])N2C(=O)C[C@H]2S1.[Na+].[Na+]. The Balaban J connectivity index is 0.000000321. The number of nitrogens with zero attached hydrogens (tertiary/aromatic N) is 2. The number of carbonyl (C=O) groups is 6. The molecule has 2 atom stereocenters. The fraction of sp³-hybridized carbons (Fsp3) is 0.444. The Morgan fingerprint density at radius 3 is 1.32 bits per heavy atom. The summed E-state index contributed by atoms with van der Waals surface area (Å²) >= 11 is 2.49. The van der Waals surface area contributed by atoms with Crippen molar-refractivity contribution in [1.29, 1.82) is 0 Å². The summed E-state index contributed by atoms with van der Waals surface area (Å²) in [5, 5.41) is 38.4. The van der Waals surface area contributed by atoms with Crippen molar-refractivity contribution in [2.75, 3.05) is 0 Å². The molecule has 172 valence electrons. The molecule has 34 heavy (non-hydrogen) atoms. The van der Waals surface area contributed by atoms with Gasteiger partial charge in [-0.1, -0.05) is 0 Å². The van der Waals surface area contributed by atoms with Crippen LogP contribution in [0.5, 0.6) is 0 Å². The zero-order valence-electron chi connectivity index (χ0n) is 18.3. The van der Waals surface area contributed by atoms with E-state index in [1.807, 2.05) is 0 Å². The van der Waals surface area contributed by atoms with E-state index >= 15 is 0 Å². The minimum absolute atomic E-state index is 0. The third kappa shape index (κ3) is 6.60. The Hall–Kier alpha value is -1.00. The van der Waals surface area contributed by atoms with Gasteiger partial charge in [0.2, 0.25) is 11.8 Å². The van der Waals surface area contributed by atoms with Gasteiger partial charge in [-0.05, 0) is 12.8 Å². The molecule has 4 aliphatic rings. The zero-order valence-corrected chi connectivity index (χ0v) is 23.9. The number of rotatable bonds is 8. The first-order valence-electron chi connectivity index (χ1n) is 9.31. The summed E-state index contributed by atoms with van der Waals surface area (Å²) in [6.07, 6.45) is 0.574. The fourth-order valence-electron chi connectivity index (χ4n) is 3.43. The van der Waals surface area contributed by atoms with E-state index in [0.29, 0.717) is 22.7 Å². The molecule has 4 rings (SSSR count). The molecular formula is C18H16N2Na2O10S2. The Morgan fingerprint density at radius 2 is 1.09 bits per heavy atom. The maximum Gasteiger partial charge on any atom is 1.00 e. The topological polar surface area (TPSA) is 195 Å². The third-order valence-corrected chi connectivity index (χ3v) is 7.56. The van der Waals surface area contributed by atoms with E-state index < -0.39 is 23.9 Å². The number of carbonyl (C=O) groups excluding carboxylic acids is 4. The molecule has 0 aromatic carbocycles. The predicted molar refractivity (Wildman–Crippen MR) is 103 cm³/mol. The van der Waals surface area contributed by atoms with Crippen LogP contribution in [0.4, 0.5) is 0 Å². The molecular weight excluding hydrogens is 514 g/mol. The molecule has 2 amide bonds. The van der Waals surface area contributed by atoms with E-state index in [4.69, 9.17) is 10.2 Å². The van der Waals surface area contributed by atoms with Gasteiger partial charge in [-0.2, -0.15) is 0 Å². The smallest absolute Gasteiger partial charge is 0.543 e. The molecule has 0 aromatic rings. The van der Waals surface area contributed by atoms with Gasteiger partial charge in [-0.3, -0.25) is 29.0 Å². The van der Waals surface area contributed by atoms with Crippen molar-refractivity contribution in [3.8, 4) is 0 Å². The number of hydrogen-bond donors (Lipinski definition) is 2. The molecule has 2 fully saturated rings. The van der Waals surface area contributed by atoms with Gasteiger partial charge in [0.05, 0.1) is 46.9 Å². The van der Waals surface area contributed by atoms with E-state index in [1.54, 1.807) is 0 Å². The number of carboxylic acid groups (broad SMARTS) is 4. The van der Waals surface area contributed by atoms with Gasteiger partial charge in [0.15, 0.2) is 0 Å². The molecule has 0 spiro atoms. The largest absolute Gasteiger partial charge is 1.00 e. The molecule has 0 radical (unpaired) electrons. The van der Waals surface area contributed by atoms with Crippen molar-refractivity contribution < 1.29 is 108 Å². The summed E-state index contributed by atoms with van der Waals surface area (Å²) in [4.78, 5) is 68.1. The number of β-lactam (4-membered cyclic amide) rings is 2. The number of aliphatic carboxylic acids is 4. The van der Waals surface area contributed by atoms with Crippen LogP contribution in [0.2, 0.25) is 0 Å². The quantitative estimate of drug-likeness (QED) is 0.223. The van der Waals surface area contributed by atoms with Crippen LogP contribution in [-0.2, 0) is 28.8 Å². The second-order valence-electron chi connectivity index (χ2n) is 6.99. The van der Waals surface area contributed by atoms with Gasteiger partial charge in [-0.15, -0.1) is 23.5 Å². The fourth-order valence-corrected chi connectivity index (χ4v) is 6.22. The molecule has 0 saturated carbocycles. The molecule has 0 unspecified atom stereocenters. The summed E-state index contributed by atoms with van der Waals surface area (Å²) in [7, 11) is 0. The minimum atomic E-state index is -1.41. The van der Waals surface area contributed by atoms with Gasteiger partial charge in [-0.25, -0.2) is 0 Å². The van der Waals surface area contributed by atoms with E-state index in [2.05, 4.69) is 0 Å². The van der Waals surface area contributed by atoms with Crippen LogP contribution in [-0.4, -0.2) is 66.5 Å². The van der Waals surface area contributed by atoms with Gasteiger partial charge in [0, 0.05) is 22.7 Å². The van der Waals surface area contributed by atoms with Crippen molar-refractivity contribution in [2.24, 2.45) is 0 Å². The maximum atomic E-state index is 11.2. The van der Waals surface area contributed by atoms with Crippen LogP contribution < -0.4 is 69.3 Å². The predicted octanol–water partition coefficient (Wildman–Crippen LogP) is -7.76. The Labute approximate surface area is 245 Å². The maximum absolute atomic E-state index is 11.2. The molecule has 12 nitrogen and oxygen atoms in total. The van der Waals surface area contributed by atoms with Crippen molar-refractivity contribution in [3.05, 3.63) is 21.2 Å². The number of allylic oxidation sites excluding steroid dienone is 2. The van der Waals surface area contributed by atoms with Crippen molar-refractivity contribution in [2.45, 2.75) is 49.3 Å². The van der Waals surface area contributed by atoms with Gasteiger partial charge in [0.25, 0.3) is 0 Å². The van der Waals surface area contributed by atoms with E-state index in [1.165, 1.54) is 33.3 Å². The van der Waals surface area contributed by atoms with Crippen LogP contribution >= 0.6 is 23.5 Å². The van der Waals surface area contributed by atoms with Crippen molar-refractivity contribution in [3.63, 3.8) is 0 Å². The average molecular weight is 530 g/mol. The first kappa shape index (κ1) is 31.0. The van der Waals surface area contributed by atoms with Crippen LogP contribution in [0, 0.1) is 0 Å². The monoisotopic (exact) mass is 530 g/mol. The second kappa shape index (κ2) is 12.8. The number of carboxylic acids is 4. The van der Waals surface area contributed by atoms with Crippen molar-refractivity contribution in [1.82, 2.24) is 9.80 Å². The molecule has 16 heteroatoms. The first-order chi connectivity index (χ1) is 15.0. The average Bonchev–Trinajstić information content (AvgIpc) is 3.16. The Morgan fingerprint density at radius 1 is 0.765 bits per heavy atom. The van der Waals surface area contributed by atoms with Crippen LogP contribution in [0.3, 0.4) is 0 Å². The van der Waals surface area contributed by atoms with Crippen LogP contribution in [0.15, 0.2) is 21.2 Å². The Kier molecular flexibility index (Phi) is 11.7. The number of hydrogen-bond acceptors (Lipinski definition) is 10. The molecule has 0 bridgehead atoms. The summed E-state index contributed by atoms with van der Waals surface area (Å²) in [6.45, 7) is 0. The normalized spacial score (nSPS) is 21.8.